The average Bonchev–Trinajstić information content (AvgIpc) is 2.88. The van der Waals surface area contributed by atoms with E-state index in [1.807, 2.05) is 0 Å². The summed E-state index contributed by atoms with van der Waals surface area (Å²) >= 11 is 0. The van der Waals surface area contributed by atoms with Crippen LogP contribution in [0.3, 0.4) is 0 Å². The Labute approximate surface area is 116 Å². The van der Waals surface area contributed by atoms with Crippen LogP contribution in [-0.2, 0) is 11.3 Å². The molecule has 1 amide bonds. The number of hydrogen-bond acceptors (Lipinski definition) is 5. The van der Waals surface area contributed by atoms with Gasteiger partial charge in [0.05, 0.1) is 17.4 Å². The van der Waals surface area contributed by atoms with Gasteiger partial charge in [-0.05, 0) is 30.2 Å². The van der Waals surface area contributed by atoms with Crippen LogP contribution in [0.5, 0.6) is 0 Å². The number of nitro groups is 1. The quantitative estimate of drug-likeness (QED) is 0.599. The molecule has 1 aliphatic rings. The van der Waals surface area contributed by atoms with Gasteiger partial charge in [-0.3, -0.25) is 4.79 Å². The predicted octanol–water partition coefficient (Wildman–Crippen LogP) is 0.425. The third-order valence-electron chi connectivity index (χ3n) is 3.68. The Morgan fingerprint density at radius 3 is 2.95 bits per heavy atom. The van der Waals surface area contributed by atoms with Crippen molar-refractivity contribution < 1.29 is 9.72 Å². The molecule has 0 spiro atoms. The van der Waals surface area contributed by atoms with Crippen LogP contribution in [-0.4, -0.2) is 33.2 Å². The first-order valence-electron chi connectivity index (χ1n) is 6.77. The van der Waals surface area contributed by atoms with E-state index in [9.17, 15) is 14.9 Å². The number of carbonyl (C=O) groups is 1. The lowest BCUT2D eigenvalue weighted by Gasteiger charge is -2.31. The number of nitrogens with two attached hydrogens (primary N) is 1. The van der Waals surface area contributed by atoms with Crippen LogP contribution in [0, 0.1) is 16.0 Å². The monoisotopic (exact) mass is 281 g/mol. The molecule has 8 heteroatoms. The molecule has 0 bridgehead atoms. The Kier molecular flexibility index (Phi) is 4.67. The maximum absolute atomic E-state index is 11.9. The molecule has 2 rings (SSSR count). The molecule has 1 aliphatic carbocycles. The van der Waals surface area contributed by atoms with Crippen LogP contribution >= 0.6 is 0 Å². The number of amides is 1. The van der Waals surface area contributed by atoms with E-state index in [1.165, 1.54) is 16.9 Å². The molecule has 1 saturated carbocycles. The summed E-state index contributed by atoms with van der Waals surface area (Å²) < 4.78 is 1.27. The largest absolute Gasteiger partial charge is 0.389 e. The van der Waals surface area contributed by atoms with E-state index < -0.39 is 4.92 Å². The van der Waals surface area contributed by atoms with Gasteiger partial charge in [0.2, 0.25) is 5.91 Å². The van der Waals surface area contributed by atoms with E-state index in [-0.39, 0.29) is 24.3 Å². The minimum atomic E-state index is -0.583. The Hall–Kier alpha value is -1.96. The zero-order chi connectivity index (χ0) is 14.5. The van der Waals surface area contributed by atoms with Crippen molar-refractivity contribution in [1.29, 1.82) is 0 Å². The lowest BCUT2D eigenvalue weighted by molar-refractivity contribution is -0.389. The Balaban J connectivity index is 1.89. The average molecular weight is 281 g/mol. The first-order valence-corrected chi connectivity index (χ1v) is 6.77. The van der Waals surface area contributed by atoms with E-state index in [0.29, 0.717) is 12.5 Å². The molecule has 0 aromatic carbocycles. The minimum absolute atomic E-state index is 0.0123. The molecule has 0 aliphatic heterocycles. The standard InChI is InChI=1S/C12H19N5O3/c13-7-9-3-1-2-4-10(9)14-12(18)8-16-6-5-11(15-16)17(19)20/h5-6,9-10H,1-4,7-8,13H2,(H,14,18). The van der Waals surface area contributed by atoms with Crippen molar-refractivity contribution in [3.05, 3.63) is 22.4 Å². The molecule has 2 atom stereocenters. The molecule has 0 saturated heterocycles. The third kappa shape index (κ3) is 3.53. The topological polar surface area (TPSA) is 116 Å². The molecule has 3 N–H and O–H groups in total. The zero-order valence-electron chi connectivity index (χ0n) is 11.2. The molecule has 8 nitrogen and oxygen atoms in total. The molecule has 20 heavy (non-hydrogen) atoms. The van der Waals surface area contributed by atoms with Crippen molar-refractivity contribution >= 4 is 11.7 Å². The van der Waals surface area contributed by atoms with E-state index in [0.717, 1.165) is 25.7 Å². The summed E-state index contributed by atoms with van der Waals surface area (Å²) in [6.45, 7) is 0.555. The van der Waals surface area contributed by atoms with Crippen molar-refractivity contribution in [2.24, 2.45) is 11.7 Å². The van der Waals surface area contributed by atoms with E-state index in [4.69, 9.17) is 5.73 Å². The highest BCUT2D eigenvalue weighted by atomic mass is 16.6. The maximum Gasteiger partial charge on any atom is 0.389 e. The summed E-state index contributed by atoms with van der Waals surface area (Å²) in [5.41, 5.74) is 5.71. The van der Waals surface area contributed by atoms with Gasteiger partial charge in [-0.25, -0.2) is 0 Å². The van der Waals surface area contributed by atoms with Gasteiger partial charge >= 0.3 is 5.82 Å². The van der Waals surface area contributed by atoms with Gasteiger partial charge in [0, 0.05) is 6.04 Å². The number of nitrogens with one attached hydrogen (secondary N) is 1. The fraction of sp³-hybridized carbons (Fsp3) is 0.667. The minimum Gasteiger partial charge on any atom is -0.358 e. The molecular formula is C12H19N5O3. The fourth-order valence-corrected chi connectivity index (χ4v) is 2.62. The number of carbonyl (C=O) groups excluding carboxylic acids is 1. The number of aromatic nitrogens is 2. The Morgan fingerprint density at radius 2 is 2.30 bits per heavy atom. The summed E-state index contributed by atoms with van der Waals surface area (Å²) in [6, 6.07) is 1.38. The highest BCUT2D eigenvalue weighted by molar-refractivity contribution is 5.76. The highest BCUT2D eigenvalue weighted by Gasteiger charge is 2.25. The molecule has 1 fully saturated rings. The number of rotatable bonds is 5. The number of nitrogens with zero attached hydrogens (tertiary/aromatic N) is 3. The molecule has 1 aromatic heterocycles. The van der Waals surface area contributed by atoms with Crippen LogP contribution in [0.4, 0.5) is 5.82 Å². The van der Waals surface area contributed by atoms with Gasteiger partial charge in [0.25, 0.3) is 0 Å². The normalized spacial score (nSPS) is 22.4. The second kappa shape index (κ2) is 6.47. The molecule has 2 unspecified atom stereocenters. The lowest BCUT2D eigenvalue weighted by atomic mass is 9.84. The first kappa shape index (κ1) is 14.4. The SMILES string of the molecule is NCC1CCCCC1NC(=O)Cn1ccc([N+](=O)[O-])n1. The summed E-state index contributed by atoms with van der Waals surface area (Å²) in [5.74, 6) is -0.122. The van der Waals surface area contributed by atoms with Crippen LogP contribution < -0.4 is 11.1 Å². The van der Waals surface area contributed by atoms with Crippen molar-refractivity contribution in [2.45, 2.75) is 38.3 Å². The van der Waals surface area contributed by atoms with E-state index in [2.05, 4.69) is 10.4 Å². The van der Waals surface area contributed by atoms with Crippen molar-refractivity contribution in [1.82, 2.24) is 15.1 Å². The highest BCUT2D eigenvalue weighted by Crippen LogP contribution is 2.23. The Bertz CT molecular complexity index is 487. The van der Waals surface area contributed by atoms with Crippen molar-refractivity contribution in [3.63, 3.8) is 0 Å². The van der Waals surface area contributed by atoms with Gasteiger partial charge < -0.3 is 21.2 Å². The van der Waals surface area contributed by atoms with Crippen LogP contribution in [0.15, 0.2) is 12.3 Å². The molecule has 0 radical (unpaired) electrons. The maximum atomic E-state index is 11.9. The fourth-order valence-electron chi connectivity index (χ4n) is 2.62. The summed E-state index contributed by atoms with van der Waals surface area (Å²) in [6.07, 6.45) is 5.65. The second-order valence-electron chi connectivity index (χ2n) is 5.08. The number of hydrogen-bond donors (Lipinski definition) is 2. The van der Waals surface area contributed by atoms with Gasteiger partial charge in [0.15, 0.2) is 0 Å². The molecular weight excluding hydrogens is 262 g/mol. The lowest BCUT2D eigenvalue weighted by Crippen LogP contribution is -2.45. The molecule has 110 valence electrons. The second-order valence-corrected chi connectivity index (χ2v) is 5.08. The third-order valence-corrected chi connectivity index (χ3v) is 3.68. The Morgan fingerprint density at radius 1 is 1.55 bits per heavy atom. The van der Waals surface area contributed by atoms with Gasteiger partial charge in [-0.2, -0.15) is 4.68 Å². The predicted molar refractivity (Wildman–Crippen MR) is 71.8 cm³/mol. The summed E-state index contributed by atoms with van der Waals surface area (Å²) in [7, 11) is 0. The smallest absolute Gasteiger partial charge is 0.358 e. The van der Waals surface area contributed by atoms with Crippen LogP contribution in [0.25, 0.3) is 0 Å². The summed E-state index contributed by atoms with van der Waals surface area (Å²) in [5, 5.41) is 17.2. The molecule has 1 aromatic rings. The summed E-state index contributed by atoms with van der Waals surface area (Å²) in [4.78, 5) is 21.9. The molecule has 1 heterocycles. The van der Waals surface area contributed by atoms with Gasteiger partial charge in [-0.1, -0.05) is 12.8 Å². The van der Waals surface area contributed by atoms with E-state index in [1.54, 1.807) is 0 Å². The van der Waals surface area contributed by atoms with E-state index >= 15 is 0 Å². The first-order chi connectivity index (χ1) is 9.60. The van der Waals surface area contributed by atoms with Crippen LogP contribution in [0.2, 0.25) is 0 Å². The van der Waals surface area contributed by atoms with Gasteiger partial charge in [0.1, 0.15) is 6.54 Å². The van der Waals surface area contributed by atoms with Crippen molar-refractivity contribution in [2.75, 3.05) is 6.54 Å². The van der Waals surface area contributed by atoms with Gasteiger partial charge in [-0.15, -0.1) is 0 Å². The van der Waals surface area contributed by atoms with Crippen LogP contribution in [0.1, 0.15) is 25.7 Å². The zero-order valence-corrected chi connectivity index (χ0v) is 11.2. The van der Waals surface area contributed by atoms with Crippen molar-refractivity contribution in [3.8, 4) is 0 Å².